The van der Waals surface area contributed by atoms with E-state index in [2.05, 4.69) is 15.6 Å². The molecular formula is C22H23N3O4. The number of hydrogen-bond acceptors (Lipinski definition) is 6. The van der Waals surface area contributed by atoms with Gasteiger partial charge in [-0.2, -0.15) is 0 Å². The first-order valence-corrected chi connectivity index (χ1v) is 8.99. The summed E-state index contributed by atoms with van der Waals surface area (Å²) in [5.74, 6) is 2.46. The van der Waals surface area contributed by atoms with Crippen LogP contribution in [0.3, 0.4) is 0 Å². The Morgan fingerprint density at radius 3 is 2.24 bits per heavy atom. The van der Waals surface area contributed by atoms with Gasteiger partial charge in [0.15, 0.2) is 0 Å². The lowest BCUT2D eigenvalue weighted by Crippen LogP contribution is -2.15. The maximum Gasteiger partial charge on any atom is 0.229 e. The molecule has 0 radical (unpaired) electrons. The highest BCUT2D eigenvalue weighted by atomic mass is 16.5. The van der Waals surface area contributed by atoms with E-state index in [1.54, 1.807) is 39.7 Å². The number of nitrogens with one attached hydrogen (secondary N) is 2. The summed E-state index contributed by atoms with van der Waals surface area (Å²) in [6.45, 7) is 0. The summed E-state index contributed by atoms with van der Waals surface area (Å²) in [6.07, 6.45) is 1.90. The van der Waals surface area contributed by atoms with Crippen molar-refractivity contribution in [3.05, 3.63) is 66.4 Å². The Kier molecular flexibility index (Phi) is 6.52. The lowest BCUT2D eigenvalue weighted by Gasteiger charge is -2.12. The van der Waals surface area contributed by atoms with Crippen molar-refractivity contribution in [3.8, 4) is 17.2 Å². The molecule has 7 nitrogen and oxygen atoms in total. The van der Waals surface area contributed by atoms with Crippen molar-refractivity contribution in [1.29, 1.82) is 0 Å². The molecule has 2 aromatic carbocycles. The third-order valence-electron chi connectivity index (χ3n) is 4.24. The molecule has 0 atom stereocenters. The van der Waals surface area contributed by atoms with Crippen LogP contribution in [0, 0.1) is 0 Å². The number of ether oxygens (including phenoxy) is 3. The highest BCUT2D eigenvalue weighted by molar-refractivity contribution is 5.91. The van der Waals surface area contributed by atoms with Gasteiger partial charge in [0, 0.05) is 6.07 Å². The van der Waals surface area contributed by atoms with Crippen molar-refractivity contribution in [3.63, 3.8) is 0 Å². The van der Waals surface area contributed by atoms with Gasteiger partial charge in [0.1, 0.15) is 23.1 Å². The average molecular weight is 393 g/mol. The van der Waals surface area contributed by atoms with Gasteiger partial charge in [-0.1, -0.05) is 12.1 Å². The standard InChI is InChI=1S/C22H23N3O4/c1-27-17-7-4-15(5-8-17)12-22(26)25-21-11-6-16(14-23-21)24-19-10-9-18(28-2)13-20(19)29-3/h4-11,13-14,24H,12H2,1-3H3,(H,23,25,26). The second-order valence-corrected chi connectivity index (χ2v) is 6.20. The molecule has 3 aromatic rings. The van der Waals surface area contributed by atoms with Crippen LogP contribution in [0.5, 0.6) is 17.2 Å². The second kappa shape index (κ2) is 9.45. The van der Waals surface area contributed by atoms with Crippen molar-refractivity contribution in [2.24, 2.45) is 0 Å². The van der Waals surface area contributed by atoms with Crippen LogP contribution in [0.15, 0.2) is 60.8 Å². The first-order valence-electron chi connectivity index (χ1n) is 8.99. The van der Waals surface area contributed by atoms with Crippen LogP contribution in [0.2, 0.25) is 0 Å². The molecule has 0 aliphatic carbocycles. The number of rotatable bonds is 8. The summed E-state index contributed by atoms with van der Waals surface area (Å²) in [5.41, 5.74) is 2.45. The smallest absolute Gasteiger partial charge is 0.229 e. The molecule has 1 heterocycles. The van der Waals surface area contributed by atoms with Gasteiger partial charge in [0.05, 0.1) is 45.3 Å². The van der Waals surface area contributed by atoms with Gasteiger partial charge in [0.25, 0.3) is 0 Å². The van der Waals surface area contributed by atoms with E-state index in [4.69, 9.17) is 14.2 Å². The zero-order valence-electron chi connectivity index (χ0n) is 16.6. The van der Waals surface area contributed by atoms with Gasteiger partial charge >= 0.3 is 0 Å². The molecule has 0 aliphatic heterocycles. The van der Waals surface area contributed by atoms with Gasteiger partial charge in [-0.05, 0) is 42.0 Å². The van der Waals surface area contributed by atoms with E-state index in [9.17, 15) is 4.79 Å². The average Bonchev–Trinajstić information content (AvgIpc) is 2.76. The van der Waals surface area contributed by atoms with Crippen LogP contribution in [0.4, 0.5) is 17.2 Å². The zero-order valence-corrected chi connectivity index (χ0v) is 16.6. The fourth-order valence-electron chi connectivity index (χ4n) is 2.71. The van der Waals surface area contributed by atoms with Crippen LogP contribution in [0.1, 0.15) is 5.56 Å². The number of amides is 1. The summed E-state index contributed by atoms with van der Waals surface area (Å²) in [7, 11) is 4.81. The van der Waals surface area contributed by atoms with E-state index in [0.717, 1.165) is 22.7 Å². The molecule has 3 rings (SSSR count). The molecule has 0 unspecified atom stereocenters. The number of nitrogens with zero attached hydrogens (tertiary/aromatic N) is 1. The molecule has 0 saturated heterocycles. The fraction of sp³-hybridized carbons (Fsp3) is 0.182. The number of anilines is 3. The van der Waals surface area contributed by atoms with Crippen LogP contribution in [0.25, 0.3) is 0 Å². The second-order valence-electron chi connectivity index (χ2n) is 6.20. The molecule has 0 aliphatic rings. The molecule has 1 amide bonds. The van der Waals surface area contributed by atoms with Gasteiger partial charge < -0.3 is 24.8 Å². The minimum absolute atomic E-state index is 0.139. The van der Waals surface area contributed by atoms with Crippen LogP contribution in [-0.4, -0.2) is 32.2 Å². The lowest BCUT2D eigenvalue weighted by molar-refractivity contribution is -0.115. The number of hydrogen-bond donors (Lipinski definition) is 2. The lowest BCUT2D eigenvalue weighted by atomic mass is 10.1. The molecule has 0 saturated carbocycles. The van der Waals surface area contributed by atoms with E-state index in [-0.39, 0.29) is 12.3 Å². The first kappa shape index (κ1) is 20.0. The maximum absolute atomic E-state index is 12.2. The van der Waals surface area contributed by atoms with Crippen molar-refractivity contribution >= 4 is 23.1 Å². The van der Waals surface area contributed by atoms with Crippen LogP contribution >= 0.6 is 0 Å². The summed E-state index contributed by atoms with van der Waals surface area (Å²) >= 11 is 0. The predicted octanol–water partition coefficient (Wildman–Crippen LogP) is 4.03. The van der Waals surface area contributed by atoms with Crippen molar-refractivity contribution in [1.82, 2.24) is 4.98 Å². The fourth-order valence-corrected chi connectivity index (χ4v) is 2.71. The molecule has 0 spiro atoms. The monoisotopic (exact) mass is 393 g/mol. The van der Waals surface area contributed by atoms with Gasteiger partial charge in [-0.15, -0.1) is 0 Å². The Morgan fingerprint density at radius 2 is 1.62 bits per heavy atom. The third kappa shape index (κ3) is 5.38. The Balaban J connectivity index is 1.60. The molecule has 0 bridgehead atoms. The van der Waals surface area contributed by atoms with Gasteiger partial charge in [0.2, 0.25) is 5.91 Å². The highest BCUT2D eigenvalue weighted by Crippen LogP contribution is 2.31. The van der Waals surface area contributed by atoms with E-state index in [0.29, 0.717) is 17.3 Å². The molecular weight excluding hydrogens is 370 g/mol. The molecule has 7 heteroatoms. The topological polar surface area (TPSA) is 81.7 Å². The van der Waals surface area contributed by atoms with Gasteiger partial charge in [-0.25, -0.2) is 4.98 Å². The predicted molar refractivity (Wildman–Crippen MR) is 112 cm³/mol. The number of carbonyl (C=O) groups excluding carboxylic acids is 1. The van der Waals surface area contributed by atoms with Crippen molar-refractivity contribution < 1.29 is 19.0 Å². The molecule has 29 heavy (non-hydrogen) atoms. The van der Waals surface area contributed by atoms with E-state index >= 15 is 0 Å². The maximum atomic E-state index is 12.2. The number of benzene rings is 2. The SMILES string of the molecule is COc1ccc(CC(=O)Nc2ccc(Nc3ccc(OC)cc3OC)cn2)cc1. The largest absolute Gasteiger partial charge is 0.497 e. The summed E-state index contributed by atoms with van der Waals surface area (Å²) in [6, 6.07) is 16.5. The Bertz CT molecular complexity index is 957. The van der Waals surface area contributed by atoms with Crippen LogP contribution < -0.4 is 24.8 Å². The first-order chi connectivity index (χ1) is 14.1. The van der Waals surface area contributed by atoms with Crippen molar-refractivity contribution in [2.75, 3.05) is 32.0 Å². The zero-order chi connectivity index (χ0) is 20.6. The summed E-state index contributed by atoms with van der Waals surface area (Å²) in [5, 5.41) is 6.04. The summed E-state index contributed by atoms with van der Waals surface area (Å²) in [4.78, 5) is 16.5. The van der Waals surface area contributed by atoms with Gasteiger partial charge in [-0.3, -0.25) is 4.79 Å². The van der Waals surface area contributed by atoms with Crippen LogP contribution in [-0.2, 0) is 11.2 Å². The quantitative estimate of drug-likeness (QED) is 0.601. The summed E-state index contributed by atoms with van der Waals surface area (Å²) < 4.78 is 15.7. The Hall–Kier alpha value is -3.74. The van der Waals surface area contributed by atoms with Crippen molar-refractivity contribution in [2.45, 2.75) is 6.42 Å². The van der Waals surface area contributed by atoms with E-state index in [1.807, 2.05) is 42.5 Å². The normalized spacial score (nSPS) is 10.2. The number of methoxy groups -OCH3 is 3. The minimum Gasteiger partial charge on any atom is -0.497 e. The molecule has 1 aromatic heterocycles. The highest BCUT2D eigenvalue weighted by Gasteiger charge is 2.08. The molecule has 150 valence electrons. The number of aromatic nitrogens is 1. The molecule has 2 N–H and O–H groups in total. The number of pyridine rings is 1. The third-order valence-corrected chi connectivity index (χ3v) is 4.24. The van der Waals surface area contributed by atoms with E-state index in [1.165, 1.54) is 0 Å². The van der Waals surface area contributed by atoms with E-state index < -0.39 is 0 Å². The molecule has 0 fully saturated rings. The number of carbonyl (C=O) groups is 1. The minimum atomic E-state index is -0.139. The Labute approximate surface area is 169 Å². The Morgan fingerprint density at radius 1 is 0.897 bits per heavy atom.